The molecule has 1 aromatic carbocycles. The fourth-order valence-electron chi connectivity index (χ4n) is 2.35. The van der Waals surface area contributed by atoms with Gasteiger partial charge >= 0.3 is 0 Å². The van der Waals surface area contributed by atoms with Gasteiger partial charge in [-0.25, -0.2) is 0 Å². The average molecular weight is 271 g/mol. The van der Waals surface area contributed by atoms with E-state index in [9.17, 15) is 9.59 Å². The van der Waals surface area contributed by atoms with Crippen LogP contribution in [-0.4, -0.2) is 18.7 Å². The third-order valence-electron chi connectivity index (χ3n) is 3.43. The summed E-state index contributed by atoms with van der Waals surface area (Å²) in [6.07, 6.45) is 1.23. The Balaban J connectivity index is 1.98. The van der Waals surface area contributed by atoms with Crippen LogP contribution in [0.25, 0.3) is 0 Å². The van der Waals surface area contributed by atoms with Crippen molar-refractivity contribution in [1.82, 2.24) is 0 Å². The predicted molar refractivity (Wildman–Crippen MR) is 75.9 cm³/mol. The predicted octanol–water partition coefficient (Wildman–Crippen LogP) is 2.89. The molecule has 1 aromatic heterocycles. The van der Waals surface area contributed by atoms with Crippen LogP contribution in [0.3, 0.4) is 0 Å². The van der Waals surface area contributed by atoms with Crippen molar-refractivity contribution in [1.29, 1.82) is 0 Å². The highest BCUT2D eigenvalue weighted by Gasteiger charge is 2.22. The lowest BCUT2D eigenvalue weighted by atomic mass is 9.97. The van der Waals surface area contributed by atoms with Gasteiger partial charge in [0.15, 0.2) is 0 Å². The van der Waals surface area contributed by atoms with Gasteiger partial charge in [-0.2, -0.15) is 0 Å². The number of amides is 1. The number of fused-ring (bicyclic) bond motifs is 1. The minimum atomic E-state index is 0.0531. The quantitative estimate of drug-likeness (QED) is 0.788. The van der Waals surface area contributed by atoms with Crippen molar-refractivity contribution < 1.29 is 9.59 Å². The first-order valence-electron chi connectivity index (χ1n) is 6.14. The molecule has 0 atom stereocenters. The molecule has 0 aliphatic carbocycles. The van der Waals surface area contributed by atoms with E-state index in [4.69, 9.17) is 0 Å². The second-order valence-corrected chi connectivity index (χ2v) is 5.55. The molecule has 2 aromatic rings. The summed E-state index contributed by atoms with van der Waals surface area (Å²) in [5, 5.41) is 1.90. The molecule has 3 rings (SSSR count). The summed E-state index contributed by atoms with van der Waals surface area (Å²) in [6, 6.07) is 9.30. The van der Waals surface area contributed by atoms with Gasteiger partial charge in [-0.3, -0.25) is 9.59 Å². The number of thiophene rings is 1. The fraction of sp³-hybridized carbons (Fsp3) is 0.200. The number of hydrogen-bond donors (Lipinski definition) is 0. The topological polar surface area (TPSA) is 37.4 Å². The Morgan fingerprint density at radius 2 is 2.11 bits per heavy atom. The molecular formula is C15H13NO2S. The van der Waals surface area contributed by atoms with Crippen molar-refractivity contribution in [3.63, 3.8) is 0 Å². The maximum absolute atomic E-state index is 12.3. The van der Waals surface area contributed by atoms with Crippen LogP contribution in [0.4, 0.5) is 5.69 Å². The van der Waals surface area contributed by atoms with Crippen molar-refractivity contribution in [3.05, 3.63) is 51.7 Å². The molecule has 19 heavy (non-hydrogen) atoms. The zero-order valence-corrected chi connectivity index (χ0v) is 11.4. The monoisotopic (exact) mass is 271 g/mol. The van der Waals surface area contributed by atoms with E-state index >= 15 is 0 Å². The largest absolute Gasteiger partial charge is 0.315 e. The van der Waals surface area contributed by atoms with Crippen molar-refractivity contribution in [2.24, 2.45) is 0 Å². The summed E-state index contributed by atoms with van der Waals surface area (Å²) in [4.78, 5) is 26.3. The van der Waals surface area contributed by atoms with Gasteiger partial charge < -0.3 is 4.90 Å². The Kier molecular flexibility index (Phi) is 2.95. The first-order valence-corrected chi connectivity index (χ1v) is 7.02. The van der Waals surface area contributed by atoms with E-state index in [0.29, 0.717) is 18.4 Å². The van der Waals surface area contributed by atoms with E-state index in [1.165, 1.54) is 11.3 Å². The molecule has 0 unspecified atom stereocenters. The van der Waals surface area contributed by atoms with Crippen molar-refractivity contribution in [3.8, 4) is 0 Å². The number of aryl methyl sites for hydroxylation is 1. The number of ketones is 1. The maximum Gasteiger partial charge on any atom is 0.227 e. The fourth-order valence-corrected chi connectivity index (χ4v) is 3.03. The number of carbonyl (C=O) groups excluding carboxylic acids is 2. The van der Waals surface area contributed by atoms with Gasteiger partial charge in [0.1, 0.15) is 0 Å². The van der Waals surface area contributed by atoms with Crippen LogP contribution < -0.4 is 4.90 Å². The Bertz CT molecular complexity index is 646. The number of carbonyl (C=O) groups is 2. The summed E-state index contributed by atoms with van der Waals surface area (Å²) < 4.78 is 0. The van der Waals surface area contributed by atoms with Gasteiger partial charge in [0.2, 0.25) is 11.7 Å². The second kappa shape index (κ2) is 4.63. The van der Waals surface area contributed by atoms with E-state index < -0.39 is 0 Å². The first-order chi connectivity index (χ1) is 9.16. The Morgan fingerprint density at radius 3 is 2.84 bits per heavy atom. The second-order valence-electron chi connectivity index (χ2n) is 4.60. The average Bonchev–Trinajstić information content (AvgIpc) is 2.96. The zero-order valence-electron chi connectivity index (χ0n) is 10.6. The first kappa shape index (κ1) is 12.1. The molecule has 0 saturated carbocycles. The van der Waals surface area contributed by atoms with Gasteiger partial charge in [-0.1, -0.05) is 6.07 Å². The summed E-state index contributed by atoms with van der Waals surface area (Å²) >= 11 is 1.45. The Labute approximate surface area is 115 Å². The molecule has 1 aliphatic rings. The lowest BCUT2D eigenvalue weighted by Gasteiger charge is -2.25. The third kappa shape index (κ3) is 2.08. The van der Waals surface area contributed by atoms with Crippen molar-refractivity contribution in [2.45, 2.75) is 12.8 Å². The highest BCUT2D eigenvalue weighted by molar-refractivity contribution is 7.12. The number of hydrogen-bond acceptors (Lipinski definition) is 3. The molecule has 0 spiro atoms. The normalized spacial score (nSPS) is 14.4. The van der Waals surface area contributed by atoms with Crippen molar-refractivity contribution >= 4 is 28.7 Å². The summed E-state index contributed by atoms with van der Waals surface area (Å²) in [5.41, 5.74) is 2.69. The van der Waals surface area contributed by atoms with Gasteiger partial charge in [0.25, 0.3) is 0 Å². The lowest BCUT2D eigenvalue weighted by Crippen LogP contribution is -2.31. The standard InChI is InChI=1S/C15H13NO2S/c1-16-12-6-4-11(9-10(12)5-7-14(16)17)15(18)13-3-2-8-19-13/h2-4,6,8-9H,5,7H2,1H3. The highest BCUT2D eigenvalue weighted by atomic mass is 32.1. The smallest absolute Gasteiger partial charge is 0.227 e. The zero-order chi connectivity index (χ0) is 13.4. The molecular weight excluding hydrogens is 258 g/mol. The highest BCUT2D eigenvalue weighted by Crippen LogP contribution is 2.28. The molecule has 96 valence electrons. The molecule has 4 heteroatoms. The van der Waals surface area contributed by atoms with Crippen LogP contribution in [-0.2, 0) is 11.2 Å². The van der Waals surface area contributed by atoms with E-state index in [2.05, 4.69) is 0 Å². The molecule has 1 amide bonds. The Hall–Kier alpha value is -1.94. The number of nitrogens with zero attached hydrogens (tertiary/aromatic N) is 1. The number of rotatable bonds is 2. The van der Waals surface area contributed by atoms with Gasteiger partial charge in [0, 0.05) is 24.7 Å². The summed E-state index contributed by atoms with van der Waals surface area (Å²) in [6.45, 7) is 0. The minimum Gasteiger partial charge on any atom is -0.315 e. The molecule has 1 aliphatic heterocycles. The summed E-state index contributed by atoms with van der Waals surface area (Å²) in [5.74, 6) is 0.183. The molecule has 0 radical (unpaired) electrons. The minimum absolute atomic E-state index is 0.0531. The van der Waals surface area contributed by atoms with E-state index in [0.717, 1.165) is 16.1 Å². The van der Waals surface area contributed by atoms with Crippen LogP contribution in [0.2, 0.25) is 0 Å². The SMILES string of the molecule is CN1C(=O)CCc2cc(C(=O)c3cccs3)ccc21. The van der Waals surface area contributed by atoms with Crippen LogP contribution in [0.5, 0.6) is 0 Å². The van der Waals surface area contributed by atoms with Gasteiger partial charge in [0.05, 0.1) is 4.88 Å². The van der Waals surface area contributed by atoms with E-state index in [1.54, 1.807) is 18.0 Å². The molecule has 0 bridgehead atoms. The molecule has 2 heterocycles. The van der Waals surface area contributed by atoms with Gasteiger partial charge in [-0.15, -0.1) is 11.3 Å². The van der Waals surface area contributed by atoms with Crippen LogP contribution in [0.15, 0.2) is 35.7 Å². The maximum atomic E-state index is 12.3. The van der Waals surface area contributed by atoms with Crippen LogP contribution >= 0.6 is 11.3 Å². The van der Waals surface area contributed by atoms with E-state index in [-0.39, 0.29) is 11.7 Å². The number of anilines is 1. The Morgan fingerprint density at radius 1 is 1.26 bits per heavy atom. The van der Waals surface area contributed by atoms with Crippen LogP contribution in [0.1, 0.15) is 27.2 Å². The van der Waals surface area contributed by atoms with Crippen LogP contribution in [0, 0.1) is 0 Å². The van der Waals surface area contributed by atoms with Crippen molar-refractivity contribution in [2.75, 3.05) is 11.9 Å². The van der Waals surface area contributed by atoms with Gasteiger partial charge in [-0.05, 0) is 41.6 Å². The molecule has 3 nitrogen and oxygen atoms in total. The number of benzene rings is 1. The molecule has 0 saturated heterocycles. The molecule has 0 fully saturated rings. The van der Waals surface area contributed by atoms with E-state index in [1.807, 2.05) is 29.6 Å². The third-order valence-corrected chi connectivity index (χ3v) is 4.30. The lowest BCUT2D eigenvalue weighted by molar-refractivity contribution is -0.118. The summed E-state index contributed by atoms with van der Waals surface area (Å²) in [7, 11) is 1.78. The molecule has 0 N–H and O–H groups in total.